The standard InChI is InChI=1S/C21H27FN2O2/c22-18-4-2-1-3-17(18)5-6-23-19(25)13-24-20(26)21-10-14-7-15(11-21)9-16(8-14)12-21/h1-4,14-16H,5-13H2,(H,23,25)(H,24,26). The van der Waals surface area contributed by atoms with Crippen molar-refractivity contribution in [2.24, 2.45) is 23.2 Å². The first-order valence-electron chi connectivity index (χ1n) is 9.82. The first-order chi connectivity index (χ1) is 12.5. The minimum absolute atomic E-state index is 0.0118. The third-order valence-electron chi connectivity index (χ3n) is 6.60. The fourth-order valence-electron chi connectivity index (χ4n) is 5.84. The second-order valence-electron chi connectivity index (χ2n) is 8.57. The molecule has 4 aliphatic rings. The number of carbonyl (C=O) groups is 2. The molecule has 0 aromatic heterocycles. The number of halogens is 1. The average molecular weight is 358 g/mol. The summed E-state index contributed by atoms with van der Waals surface area (Å²) in [5.41, 5.74) is 0.368. The van der Waals surface area contributed by atoms with Gasteiger partial charge in [0.25, 0.3) is 0 Å². The van der Waals surface area contributed by atoms with Crippen LogP contribution in [0.5, 0.6) is 0 Å². The molecule has 0 atom stereocenters. The molecule has 0 aliphatic heterocycles. The van der Waals surface area contributed by atoms with E-state index in [1.165, 1.54) is 25.3 Å². The number of benzene rings is 1. The number of amides is 2. The van der Waals surface area contributed by atoms with Crippen molar-refractivity contribution in [3.8, 4) is 0 Å². The van der Waals surface area contributed by atoms with Crippen LogP contribution in [0.4, 0.5) is 4.39 Å². The molecule has 4 nitrogen and oxygen atoms in total. The zero-order valence-electron chi connectivity index (χ0n) is 15.1. The lowest BCUT2D eigenvalue weighted by atomic mass is 9.49. The van der Waals surface area contributed by atoms with E-state index in [0.717, 1.165) is 19.3 Å². The van der Waals surface area contributed by atoms with Gasteiger partial charge in [0.15, 0.2) is 0 Å². The fraction of sp³-hybridized carbons (Fsp3) is 0.619. The van der Waals surface area contributed by atoms with Crippen molar-refractivity contribution in [2.45, 2.75) is 44.9 Å². The van der Waals surface area contributed by atoms with Crippen LogP contribution >= 0.6 is 0 Å². The molecule has 5 rings (SSSR count). The molecule has 1 aromatic carbocycles. The van der Waals surface area contributed by atoms with Crippen molar-refractivity contribution in [1.82, 2.24) is 10.6 Å². The summed E-state index contributed by atoms with van der Waals surface area (Å²) < 4.78 is 13.6. The average Bonchev–Trinajstić information content (AvgIpc) is 2.60. The van der Waals surface area contributed by atoms with E-state index in [1.807, 2.05) is 0 Å². The number of nitrogens with one attached hydrogen (secondary N) is 2. The predicted molar refractivity (Wildman–Crippen MR) is 96.7 cm³/mol. The summed E-state index contributed by atoms with van der Waals surface area (Å²) >= 11 is 0. The predicted octanol–water partition coefficient (Wildman–Crippen LogP) is 2.82. The molecule has 0 unspecified atom stereocenters. The Morgan fingerprint density at radius 3 is 2.23 bits per heavy atom. The van der Waals surface area contributed by atoms with E-state index in [0.29, 0.717) is 36.3 Å². The van der Waals surface area contributed by atoms with Crippen LogP contribution < -0.4 is 10.6 Å². The quantitative estimate of drug-likeness (QED) is 0.822. The van der Waals surface area contributed by atoms with Gasteiger partial charge in [-0.1, -0.05) is 18.2 Å². The minimum Gasteiger partial charge on any atom is -0.354 e. The minimum atomic E-state index is -0.253. The van der Waals surface area contributed by atoms with Crippen LogP contribution in [0.3, 0.4) is 0 Å². The Balaban J connectivity index is 1.23. The summed E-state index contributed by atoms with van der Waals surface area (Å²) in [6.45, 7) is 0.380. The molecule has 2 amide bonds. The summed E-state index contributed by atoms with van der Waals surface area (Å²) in [7, 11) is 0. The largest absolute Gasteiger partial charge is 0.354 e. The van der Waals surface area contributed by atoms with E-state index >= 15 is 0 Å². The second kappa shape index (κ2) is 7.01. The maximum absolute atomic E-state index is 13.6. The molecule has 5 heteroatoms. The Morgan fingerprint density at radius 1 is 1.00 bits per heavy atom. The molecule has 0 heterocycles. The summed E-state index contributed by atoms with van der Waals surface area (Å²) in [5.74, 6) is 1.74. The second-order valence-corrected chi connectivity index (χ2v) is 8.57. The third kappa shape index (κ3) is 3.49. The molecule has 140 valence electrons. The highest BCUT2D eigenvalue weighted by Crippen LogP contribution is 2.60. The molecule has 0 saturated heterocycles. The summed E-state index contributed by atoms with van der Waals surface area (Å²) in [6.07, 6.45) is 7.33. The molecule has 0 radical (unpaired) electrons. The highest BCUT2D eigenvalue weighted by atomic mass is 19.1. The summed E-state index contributed by atoms with van der Waals surface area (Å²) in [6, 6.07) is 6.57. The van der Waals surface area contributed by atoms with Crippen LogP contribution in [0, 0.1) is 29.0 Å². The van der Waals surface area contributed by atoms with E-state index in [9.17, 15) is 14.0 Å². The van der Waals surface area contributed by atoms with E-state index in [1.54, 1.807) is 18.2 Å². The molecular formula is C21H27FN2O2. The van der Waals surface area contributed by atoms with Crippen LogP contribution in [-0.2, 0) is 16.0 Å². The summed E-state index contributed by atoms with van der Waals surface area (Å²) in [4.78, 5) is 24.8. The zero-order valence-corrected chi connectivity index (χ0v) is 15.1. The molecule has 0 spiro atoms. The number of carbonyl (C=O) groups excluding carboxylic acids is 2. The van der Waals surface area contributed by atoms with Crippen molar-refractivity contribution in [2.75, 3.05) is 13.1 Å². The van der Waals surface area contributed by atoms with Gasteiger partial charge in [-0.2, -0.15) is 0 Å². The highest BCUT2D eigenvalue weighted by Gasteiger charge is 2.54. The smallest absolute Gasteiger partial charge is 0.239 e. The lowest BCUT2D eigenvalue weighted by molar-refractivity contribution is -0.147. The van der Waals surface area contributed by atoms with Crippen molar-refractivity contribution in [3.05, 3.63) is 35.6 Å². The van der Waals surface area contributed by atoms with E-state index in [2.05, 4.69) is 10.6 Å². The van der Waals surface area contributed by atoms with Crippen molar-refractivity contribution in [3.63, 3.8) is 0 Å². The van der Waals surface area contributed by atoms with E-state index in [4.69, 9.17) is 0 Å². The Hall–Kier alpha value is -1.91. The van der Waals surface area contributed by atoms with E-state index in [-0.39, 0.29) is 29.6 Å². The van der Waals surface area contributed by atoms with Gasteiger partial charge in [-0.25, -0.2) is 4.39 Å². The van der Waals surface area contributed by atoms with Crippen LogP contribution in [-0.4, -0.2) is 24.9 Å². The zero-order chi connectivity index (χ0) is 18.1. The van der Waals surface area contributed by atoms with Crippen molar-refractivity contribution in [1.29, 1.82) is 0 Å². The summed E-state index contributed by atoms with van der Waals surface area (Å²) in [5, 5.41) is 5.64. The lowest BCUT2D eigenvalue weighted by Crippen LogP contribution is -2.54. The first-order valence-corrected chi connectivity index (χ1v) is 9.82. The molecule has 4 aliphatic carbocycles. The molecule has 4 fully saturated rings. The van der Waals surface area contributed by atoms with Gasteiger partial charge in [0.2, 0.25) is 11.8 Å². The molecule has 4 saturated carbocycles. The van der Waals surface area contributed by atoms with Gasteiger partial charge in [0.05, 0.1) is 6.54 Å². The SMILES string of the molecule is O=C(CNC(=O)C12CC3CC(CC(C3)C1)C2)NCCc1ccccc1F. The van der Waals surface area contributed by atoms with Crippen molar-refractivity contribution >= 4 is 11.8 Å². The number of hydrogen-bond acceptors (Lipinski definition) is 2. The maximum atomic E-state index is 13.6. The van der Waals surface area contributed by atoms with Gasteiger partial charge in [-0.05, 0) is 74.3 Å². The molecule has 1 aromatic rings. The first kappa shape index (κ1) is 17.5. The molecule has 2 N–H and O–H groups in total. The van der Waals surface area contributed by atoms with Gasteiger partial charge in [0.1, 0.15) is 5.82 Å². The van der Waals surface area contributed by atoms with E-state index < -0.39 is 0 Å². The monoisotopic (exact) mass is 358 g/mol. The number of hydrogen-bond donors (Lipinski definition) is 2. The Bertz CT molecular complexity index is 668. The van der Waals surface area contributed by atoms with Gasteiger partial charge in [-0.15, -0.1) is 0 Å². The van der Waals surface area contributed by atoms with Crippen molar-refractivity contribution < 1.29 is 14.0 Å². The molecule has 4 bridgehead atoms. The van der Waals surface area contributed by atoms with Gasteiger partial charge in [0, 0.05) is 12.0 Å². The van der Waals surface area contributed by atoms with Gasteiger partial charge >= 0.3 is 0 Å². The van der Waals surface area contributed by atoms with Crippen LogP contribution in [0.15, 0.2) is 24.3 Å². The topological polar surface area (TPSA) is 58.2 Å². The Labute approximate surface area is 153 Å². The Morgan fingerprint density at radius 2 is 1.62 bits per heavy atom. The Kier molecular flexibility index (Phi) is 4.72. The van der Waals surface area contributed by atoms with Gasteiger partial charge < -0.3 is 10.6 Å². The van der Waals surface area contributed by atoms with Crippen LogP contribution in [0.25, 0.3) is 0 Å². The normalized spacial score (nSPS) is 31.7. The van der Waals surface area contributed by atoms with Crippen LogP contribution in [0.2, 0.25) is 0 Å². The highest BCUT2D eigenvalue weighted by molar-refractivity contribution is 5.88. The lowest BCUT2D eigenvalue weighted by Gasteiger charge is -2.55. The van der Waals surface area contributed by atoms with Crippen LogP contribution in [0.1, 0.15) is 44.1 Å². The molecule has 26 heavy (non-hydrogen) atoms. The third-order valence-corrected chi connectivity index (χ3v) is 6.60. The number of rotatable bonds is 6. The van der Waals surface area contributed by atoms with Gasteiger partial charge in [-0.3, -0.25) is 9.59 Å². The maximum Gasteiger partial charge on any atom is 0.239 e. The fourth-order valence-corrected chi connectivity index (χ4v) is 5.84. The molecular weight excluding hydrogens is 331 g/mol.